The molecular weight excluding hydrogens is 256 g/mol. The number of hydrogen-bond acceptors (Lipinski definition) is 2. The summed E-state index contributed by atoms with van der Waals surface area (Å²) in [6, 6.07) is 6.14. The number of aromatic nitrogens is 4. The molecule has 0 aliphatic heterocycles. The van der Waals surface area contributed by atoms with Gasteiger partial charge in [-0.05, 0) is 25.1 Å². The highest BCUT2D eigenvalue weighted by Crippen LogP contribution is 2.22. The van der Waals surface area contributed by atoms with Crippen LogP contribution in [0.5, 0.6) is 0 Å². The number of rotatable bonds is 0. The summed E-state index contributed by atoms with van der Waals surface area (Å²) in [5.41, 5.74) is 2.20. The molecule has 3 rings (SSSR count). The lowest BCUT2D eigenvalue weighted by Gasteiger charge is -1.94. The van der Waals surface area contributed by atoms with Crippen LogP contribution in [-0.2, 0) is 7.05 Å². The van der Waals surface area contributed by atoms with Crippen LogP contribution in [0.4, 0.5) is 0 Å². The lowest BCUT2D eigenvalue weighted by molar-refractivity contribution is 0.936. The molecule has 1 aromatic carbocycles. The van der Waals surface area contributed by atoms with Crippen molar-refractivity contribution >= 4 is 32.7 Å². The lowest BCUT2D eigenvalue weighted by atomic mass is 10.3. The molecule has 2 heterocycles. The fourth-order valence-corrected chi connectivity index (χ4v) is 2.19. The summed E-state index contributed by atoms with van der Waals surface area (Å²) in [4.78, 5) is 4.38. The van der Waals surface area contributed by atoms with Crippen LogP contribution >= 0.6 is 15.9 Å². The van der Waals surface area contributed by atoms with E-state index in [1.807, 2.05) is 29.1 Å². The lowest BCUT2D eigenvalue weighted by Crippen LogP contribution is -1.88. The zero-order valence-electron chi connectivity index (χ0n) is 8.40. The van der Waals surface area contributed by atoms with E-state index in [1.165, 1.54) is 0 Å². The average Bonchev–Trinajstić information content (AvgIpc) is 2.67. The molecule has 0 fully saturated rings. The van der Waals surface area contributed by atoms with Gasteiger partial charge in [0.15, 0.2) is 0 Å². The average molecular weight is 265 g/mol. The Morgan fingerprint density at radius 1 is 1.27 bits per heavy atom. The fourth-order valence-electron chi connectivity index (χ4n) is 1.84. The molecule has 76 valence electrons. The van der Waals surface area contributed by atoms with Gasteiger partial charge in [-0.25, -0.2) is 0 Å². The molecule has 0 atom stereocenters. The predicted octanol–water partition coefficient (Wildman–Crippen LogP) is 2.29. The standard InChI is InChI=1S/C10H9BrN4/c1-6-12-10-14(2)8-4-3-7(11)5-9(8)15(10)13-6/h3-5H,1-2H3. The first kappa shape index (κ1) is 8.91. The van der Waals surface area contributed by atoms with Gasteiger partial charge in [0, 0.05) is 11.5 Å². The van der Waals surface area contributed by atoms with Crippen LogP contribution in [0.1, 0.15) is 5.82 Å². The maximum absolute atomic E-state index is 4.38. The molecule has 15 heavy (non-hydrogen) atoms. The van der Waals surface area contributed by atoms with Gasteiger partial charge in [-0.2, -0.15) is 9.50 Å². The highest BCUT2D eigenvalue weighted by Gasteiger charge is 2.11. The molecule has 2 aromatic heterocycles. The second-order valence-corrected chi connectivity index (χ2v) is 4.48. The predicted molar refractivity (Wildman–Crippen MR) is 61.9 cm³/mol. The van der Waals surface area contributed by atoms with Crippen LogP contribution in [0.3, 0.4) is 0 Å². The largest absolute Gasteiger partial charge is 0.311 e. The number of halogens is 1. The van der Waals surface area contributed by atoms with Gasteiger partial charge >= 0.3 is 0 Å². The van der Waals surface area contributed by atoms with E-state index in [9.17, 15) is 0 Å². The second-order valence-electron chi connectivity index (χ2n) is 3.56. The van der Waals surface area contributed by atoms with Gasteiger partial charge in [-0.1, -0.05) is 15.9 Å². The van der Waals surface area contributed by atoms with Crippen molar-refractivity contribution in [2.45, 2.75) is 6.92 Å². The van der Waals surface area contributed by atoms with Crippen molar-refractivity contribution in [3.05, 3.63) is 28.5 Å². The van der Waals surface area contributed by atoms with Gasteiger partial charge in [0.25, 0.3) is 0 Å². The van der Waals surface area contributed by atoms with Crippen LogP contribution in [0.2, 0.25) is 0 Å². The van der Waals surface area contributed by atoms with E-state index in [0.29, 0.717) is 0 Å². The number of nitrogens with zero attached hydrogens (tertiary/aromatic N) is 4. The van der Waals surface area contributed by atoms with E-state index in [2.05, 4.69) is 38.1 Å². The van der Waals surface area contributed by atoms with Gasteiger partial charge in [-0.15, -0.1) is 5.10 Å². The highest BCUT2D eigenvalue weighted by atomic mass is 79.9. The molecule has 0 radical (unpaired) electrons. The van der Waals surface area contributed by atoms with Crippen LogP contribution in [0, 0.1) is 6.92 Å². The first-order chi connectivity index (χ1) is 7.16. The first-order valence-corrected chi connectivity index (χ1v) is 5.43. The SMILES string of the molecule is Cc1nc2n(C)c3ccc(Br)cc3n2n1. The molecule has 0 unspecified atom stereocenters. The third kappa shape index (κ3) is 1.13. The summed E-state index contributed by atoms with van der Waals surface area (Å²) in [6.07, 6.45) is 0. The normalized spacial score (nSPS) is 11.7. The second kappa shape index (κ2) is 2.82. The summed E-state index contributed by atoms with van der Waals surface area (Å²) in [7, 11) is 2.00. The summed E-state index contributed by atoms with van der Waals surface area (Å²) in [5.74, 6) is 1.67. The minimum absolute atomic E-state index is 0.794. The van der Waals surface area contributed by atoms with Crippen molar-refractivity contribution < 1.29 is 0 Å². The molecule has 0 bridgehead atoms. The van der Waals surface area contributed by atoms with E-state index in [4.69, 9.17) is 0 Å². The van der Waals surface area contributed by atoms with E-state index in [1.54, 1.807) is 0 Å². The molecule has 0 saturated carbocycles. The summed E-state index contributed by atoms with van der Waals surface area (Å²) < 4.78 is 4.97. The van der Waals surface area contributed by atoms with Crippen molar-refractivity contribution in [1.82, 2.24) is 19.2 Å². The molecule has 3 aromatic rings. The minimum Gasteiger partial charge on any atom is -0.311 e. The molecule has 0 aliphatic carbocycles. The monoisotopic (exact) mass is 264 g/mol. The smallest absolute Gasteiger partial charge is 0.233 e. The Hall–Kier alpha value is -1.36. The van der Waals surface area contributed by atoms with Crippen LogP contribution in [-0.4, -0.2) is 19.2 Å². The van der Waals surface area contributed by atoms with Gasteiger partial charge < -0.3 is 4.57 Å². The van der Waals surface area contributed by atoms with Crippen LogP contribution in [0.15, 0.2) is 22.7 Å². The quantitative estimate of drug-likeness (QED) is 0.625. The highest BCUT2D eigenvalue weighted by molar-refractivity contribution is 9.10. The van der Waals surface area contributed by atoms with Crippen molar-refractivity contribution in [2.75, 3.05) is 0 Å². The Morgan fingerprint density at radius 2 is 2.07 bits per heavy atom. The maximum atomic E-state index is 4.38. The summed E-state index contributed by atoms with van der Waals surface area (Å²) in [5, 5.41) is 4.37. The number of aryl methyl sites for hydroxylation is 2. The summed E-state index contributed by atoms with van der Waals surface area (Å²) >= 11 is 3.46. The molecular formula is C10H9BrN4. The Bertz CT molecular complexity index is 665. The van der Waals surface area contributed by atoms with Crippen LogP contribution < -0.4 is 0 Å². The number of imidazole rings is 1. The van der Waals surface area contributed by atoms with Crippen molar-refractivity contribution in [1.29, 1.82) is 0 Å². The third-order valence-electron chi connectivity index (χ3n) is 2.52. The Kier molecular flexibility index (Phi) is 1.68. The van der Waals surface area contributed by atoms with E-state index in [0.717, 1.165) is 27.1 Å². The van der Waals surface area contributed by atoms with Crippen molar-refractivity contribution in [3.8, 4) is 0 Å². The maximum Gasteiger partial charge on any atom is 0.233 e. The van der Waals surface area contributed by atoms with Gasteiger partial charge in [0.1, 0.15) is 5.82 Å². The van der Waals surface area contributed by atoms with Crippen molar-refractivity contribution in [2.24, 2.45) is 7.05 Å². The Labute approximate surface area is 94.7 Å². The van der Waals surface area contributed by atoms with E-state index < -0.39 is 0 Å². The van der Waals surface area contributed by atoms with Gasteiger partial charge in [-0.3, -0.25) is 0 Å². The number of hydrogen-bond donors (Lipinski definition) is 0. The Balaban J connectivity index is 2.60. The molecule has 0 saturated heterocycles. The zero-order valence-corrected chi connectivity index (χ0v) is 9.98. The van der Waals surface area contributed by atoms with Gasteiger partial charge in [0.05, 0.1) is 11.0 Å². The van der Waals surface area contributed by atoms with Crippen molar-refractivity contribution in [3.63, 3.8) is 0 Å². The third-order valence-corrected chi connectivity index (χ3v) is 3.02. The fraction of sp³-hybridized carbons (Fsp3) is 0.200. The topological polar surface area (TPSA) is 35.1 Å². The Morgan fingerprint density at radius 3 is 2.87 bits per heavy atom. The molecule has 0 aliphatic rings. The molecule has 4 nitrogen and oxygen atoms in total. The zero-order chi connectivity index (χ0) is 10.6. The van der Waals surface area contributed by atoms with Gasteiger partial charge in [0.2, 0.25) is 5.78 Å². The molecule has 0 amide bonds. The number of benzene rings is 1. The number of fused-ring (bicyclic) bond motifs is 3. The van der Waals surface area contributed by atoms with Crippen LogP contribution in [0.25, 0.3) is 16.8 Å². The first-order valence-electron chi connectivity index (χ1n) is 4.64. The molecule has 0 spiro atoms. The van der Waals surface area contributed by atoms with E-state index >= 15 is 0 Å². The van der Waals surface area contributed by atoms with E-state index in [-0.39, 0.29) is 0 Å². The molecule has 0 N–H and O–H groups in total. The summed E-state index contributed by atoms with van der Waals surface area (Å²) in [6.45, 7) is 1.90. The minimum atomic E-state index is 0.794. The molecule has 5 heteroatoms.